The van der Waals surface area contributed by atoms with Crippen LogP contribution in [0.1, 0.15) is 0 Å². The van der Waals surface area contributed by atoms with Crippen molar-refractivity contribution >= 4 is 10.8 Å². The molecular weight excluding hydrogens is 274 g/mol. The number of fused-ring (bicyclic) bond motifs is 1. The molecule has 0 fully saturated rings. The van der Waals surface area contributed by atoms with Gasteiger partial charge in [0.15, 0.2) is 0 Å². The highest BCUT2D eigenvalue weighted by molar-refractivity contribution is 6.04. The molecule has 2 heterocycles. The molecule has 0 aliphatic heterocycles. The SMILES string of the molecule is Oc1oc(-c2ccccc2)c2ccnc(-c3ccccc3)c12. The molecular formula is C19H13NO2. The van der Waals surface area contributed by atoms with Crippen molar-refractivity contribution in [3.8, 4) is 28.5 Å². The second-order valence-electron chi connectivity index (χ2n) is 5.05. The number of furan rings is 1. The smallest absolute Gasteiger partial charge is 0.292 e. The zero-order valence-corrected chi connectivity index (χ0v) is 11.7. The first-order chi connectivity index (χ1) is 10.8. The molecule has 0 radical (unpaired) electrons. The van der Waals surface area contributed by atoms with E-state index in [9.17, 15) is 5.11 Å². The van der Waals surface area contributed by atoms with E-state index in [1.165, 1.54) is 0 Å². The maximum absolute atomic E-state index is 10.3. The molecule has 4 aromatic rings. The van der Waals surface area contributed by atoms with Crippen molar-refractivity contribution in [3.63, 3.8) is 0 Å². The summed E-state index contributed by atoms with van der Waals surface area (Å²) in [5.41, 5.74) is 2.60. The molecule has 0 bridgehead atoms. The van der Waals surface area contributed by atoms with Gasteiger partial charge in [0, 0.05) is 22.7 Å². The van der Waals surface area contributed by atoms with Gasteiger partial charge in [-0.15, -0.1) is 0 Å². The number of benzene rings is 2. The Morgan fingerprint density at radius 2 is 1.41 bits per heavy atom. The fraction of sp³-hybridized carbons (Fsp3) is 0. The Morgan fingerprint density at radius 1 is 0.773 bits per heavy atom. The van der Waals surface area contributed by atoms with E-state index in [1.807, 2.05) is 66.7 Å². The molecule has 2 aromatic heterocycles. The van der Waals surface area contributed by atoms with Crippen molar-refractivity contribution in [1.29, 1.82) is 0 Å². The summed E-state index contributed by atoms with van der Waals surface area (Å²) in [6, 6.07) is 21.4. The molecule has 0 aliphatic rings. The Labute approximate surface area is 127 Å². The van der Waals surface area contributed by atoms with Gasteiger partial charge in [0.05, 0.1) is 11.1 Å². The van der Waals surface area contributed by atoms with Gasteiger partial charge in [-0.25, -0.2) is 0 Å². The second kappa shape index (κ2) is 5.04. The van der Waals surface area contributed by atoms with Crippen LogP contribution < -0.4 is 0 Å². The van der Waals surface area contributed by atoms with E-state index < -0.39 is 0 Å². The highest BCUT2D eigenvalue weighted by Gasteiger charge is 2.18. The van der Waals surface area contributed by atoms with Crippen LogP contribution in [0.4, 0.5) is 0 Å². The van der Waals surface area contributed by atoms with Crippen LogP contribution in [0.3, 0.4) is 0 Å². The Morgan fingerprint density at radius 3 is 2.09 bits per heavy atom. The fourth-order valence-electron chi connectivity index (χ4n) is 2.69. The average molecular weight is 287 g/mol. The number of hydrogen-bond donors (Lipinski definition) is 1. The van der Waals surface area contributed by atoms with Crippen molar-refractivity contribution in [2.45, 2.75) is 0 Å². The predicted octanol–water partition coefficient (Wildman–Crippen LogP) is 4.87. The van der Waals surface area contributed by atoms with Crippen LogP contribution in [0.2, 0.25) is 0 Å². The van der Waals surface area contributed by atoms with Crippen LogP contribution in [0.25, 0.3) is 33.4 Å². The highest BCUT2D eigenvalue weighted by atomic mass is 16.5. The van der Waals surface area contributed by atoms with Crippen molar-refractivity contribution in [1.82, 2.24) is 4.98 Å². The number of nitrogens with zero attached hydrogens (tertiary/aromatic N) is 1. The highest BCUT2D eigenvalue weighted by Crippen LogP contribution is 2.41. The van der Waals surface area contributed by atoms with Crippen LogP contribution in [-0.2, 0) is 0 Å². The van der Waals surface area contributed by atoms with Crippen LogP contribution >= 0.6 is 0 Å². The molecule has 22 heavy (non-hydrogen) atoms. The van der Waals surface area contributed by atoms with Gasteiger partial charge in [0.1, 0.15) is 5.76 Å². The van der Waals surface area contributed by atoms with Crippen LogP contribution in [-0.4, -0.2) is 10.1 Å². The number of hydrogen-bond acceptors (Lipinski definition) is 3. The van der Waals surface area contributed by atoms with Crippen molar-refractivity contribution in [3.05, 3.63) is 72.9 Å². The quantitative estimate of drug-likeness (QED) is 0.572. The predicted molar refractivity (Wildman–Crippen MR) is 86.5 cm³/mol. The molecule has 0 unspecified atom stereocenters. The van der Waals surface area contributed by atoms with Gasteiger partial charge in [-0.3, -0.25) is 4.98 Å². The van der Waals surface area contributed by atoms with Crippen LogP contribution in [0, 0.1) is 0 Å². The normalized spacial score (nSPS) is 10.9. The van der Waals surface area contributed by atoms with E-state index in [1.54, 1.807) is 6.20 Å². The lowest BCUT2D eigenvalue weighted by Gasteiger charge is -2.02. The van der Waals surface area contributed by atoms with E-state index in [0.717, 1.165) is 22.2 Å². The minimum atomic E-state index is -0.0965. The Kier molecular flexibility index (Phi) is 2.90. The fourth-order valence-corrected chi connectivity index (χ4v) is 2.69. The van der Waals surface area contributed by atoms with E-state index in [-0.39, 0.29) is 5.95 Å². The summed E-state index contributed by atoms with van der Waals surface area (Å²) in [6.45, 7) is 0. The minimum absolute atomic E-state index is 0.0965. The van der Waals surface area contributed by atoms with Gasteiger partial charge in [-0.1, -0.05) is 60.7 Å². The lowest BCUT2D eigenvalue weighted by Crippen LogP contribution is -1.84. The molecule has 4 rings (SSSR count). The standard InChI is InChI=1S/C19H13NO2/c21-19-16-15(18(22-19)14-9-5-2-6-10-14)11-12-20-17(16)13-7-3-1-4-8-13/h1-12,21H. The summed E-state index contributed by atoms with van der Waals surface area (Å²) >= 11 is 0. The van der Waals surface area contributed by atoms with Crippen LogP contribution in [0.15, 0.2) is 77.3 Å². The topological polar surface area (TPSA) is 46.3 Å². The van der Waals surface area contributed by atoms with Crippen molar-refractivity contribution < 1.29 is 9.52 Å². The second-order valence-corrected chi connectivity index (χ2v) is 5.05. The average Bonchev–Trinajstić information content (AvgIpc) is 2.94. The lowest BCUT2D eigenvalue weighted by atomic mass is 10.0. The number of aromatic nitrogens is 1. The first-order valence-electron chi connectivity index (χ1n) is 7.06. The molecule has 0 atom stereocenters. The molecule has 1 N–H and O–H groups in total. The van der Waals surface area contributed by atoms with E-state index in [0.29, 0.717) is 11.1 Å². The number of rotatable bonds is 2. The van der Waals surface area contributed by atoms with Gasteiger partial charge < -0.3 is 9.52 Å². The van der Waals surface area contributed by atoms with E-state index in [2.05, 4.69) is 4.98 Å². The zero-order valence-electron chi connectivity index (χ0n) is 11.7. The Balaban J connectivity index is 2.02. The van der Waals surface area contributed by atoms with Gasteiger partial charge in [0.2, 0.25) is 0 Å². The molecule has 0 spiro atoms. The van der Waals surface area contributed by atoms with Gasteiger partial charge >= 0.3 is 0 Å². The number of pyridine rings is 1. The number of aromatic hydroxyl groups is 1. The molecule has 0 saturated carbocycles. The maximum atomic E-state index is 10.3. The van der Waals surface area contributed by atoms with E-state index >= 15 is 0 Å². The molecule has 3 nitrogen and oxygen atoms in total. The monoisotopic (exact) mass is 287 g/mol. The summed E-state index contributed by atoms with van der Waals surface area (Å²) in [6.07, 6.45) is 1.74. The summed E-state index contributed by atoms with van der Waals surface area (Å²) in [5, 5.41) is 11.8. The largest absolute Gasteiger partial charge is 0.480 e. The third kappa shape index (κ3) is 1.95. The summed E-state index contributed by atoms with van der Waals surface area (Å²) in [5.74, 6) is 0.563. The molecule has 2 aromatic carbocycles. The Bertz CT molecular complexity index is 928. The maximum Gasteiger partial charge on any atom is 0.292 e. The molecule has 106 valence electrons. The first-order valence-corrected chi connectivity index (χ1v) is 7.06. The van der Waals surface area contributed by atoms with Gasteiger partial charge in [-0.2, -0.15) is 0 Å². The lowest BCUT2D eigenvalue weighted by molar-refractivity contribution is 0.343. The zero-order chi connectivity index (χ0) is 14.9. The molecule has 3 heteroatoms. The van der Waals surface area contributed by atoms with E-state index in [4.69, 9.17) is 4.42 Å². The van der Waals surface area contributed by atoms with Crippen molar-refractivity contribution in [2.24, 2.45) is 0 Å². The summed E-state index contributed by atoms with van der Waals surface area (Å²) in [4.78, 5) is 4.42. The minimum Gasteiger partial charge on any atom is -0.480 e. The van der Waals surface area contributed by atoms with Crippen LogP contribution in [0.5, 0.6) is 5.95 Å². The molecule has 0 aliphatic carbocycles. The Hall–Kier alpha value is -3.07. The summed E-state index contributed by atoms with van der Waals surface area (Å²) in [7, 11) is 0. The first kappa shape index (κ1) is 12.7. The third-order valence-corrected chi connectivity index (χ3v) is 3.69. The summed E-state index contributed by atoms with van der Waals surface area (Å²) < 4.78 is 5.63. The van der Waals surface area contributed by atoms with Crippen molar-refractivity contribution in [2.75, 3.05) is 0 Å². The van der Waals surface area contributed by atoms with Gasteiger partial charge in [-0.05, 0) is 6.07 Å². The molecule has 0 amide bonds. The molecule has 0 saturated heterocycles. The van der Waals surface area contributed by atoms with Gasteiger partial charge in [0.25, 0.3) is 5.95 Å². The third-order valence-electron chi connectivity index (χ3n) is 3.69.